The summed E-state index contributed by atoms with van der Waals surface area (Å²) in [6, 6.07) is 12.9. The van der Waals surface area contributed by atoms with E-state index in [1.165, 1.54) is 5.56 Å². The summed E-state index contributed by atoms with van der Waals surface area (Å²) in [6.45, 7) is 2.25. The van der Waals surface area contributed by atoms with Crippen LogP contribution in [0.4, 0.5) is 0 Å². The third-order valence-corrected chi connectivity index (χ3v) is 5.03. The number of aliphatic hydroxyl groups excluding tert-OH is 1. The molecule has 0 aliphatic carbocycles. The number of hydrogen-bond donors (Lipinski definition) is 2. The van der Waals surface area contributed by atoms with Crippen molar-refractivity contribution in [1.82, 2.24) is 14.9 Å². The predicted molar refractivity (Wildman–Crippen MR) is 96.7 cm³/mol. The van der Waals surface area contributed by atoms with Gasteiger partial charge in [0.25, 0.3) is 5.91 Å². The minimum Gasteiger partial charge on any atom is -0.391 e. The lowest BCUT2D eigenvalue weighted by molar-refractivity contribution is 0.0362. The van der Waals surface area contributed by atoms with Gasteiger partial charge in [0.1, 0.15) is 0 Å². The van der Waals surface area contributed by atoms with Crippen LogP contribution in [-0.2, 0) is 6.42 Å². The molecule has 0 saturated heterocycles. The average Bonchev–Trinajstić information content (AvgIpc) is 3.05. The number of amides is 1. The van der Waals surface area contributed by atoms with Gasteiger partial charge in [0, 0.05) is 6.54 Å². The van der Waals surface area contributed by atoms with Crippen molar-refractivity contribution in [3.63, 3.8) is 0 Å². The Labute approximate surface area is 150 Å². The van der Waals surface area contributed by atoms with Gasteiger partial charge in [-0.25, -0.2) is 4.98 Å². The van der Waals surface area contributed by atoms with Crippen LogP contribution in [0.15, 0.2) is 42.5 Å². The van der Waals surface area contributed by atoms with Gasteiger partial charge in [0.2, 0.25) is 0 Å². The molecule has 1 aromatic heterocycles. The van der Waals surface area contributed by atoms with Gasteiger partial charge in [-0.15, -0.1) is 0 Å². The van der Waals surface area contributed by atoms with E-state index in [1.54, 1.807) is 24.0 Å². The van der Waals surface area contributed by atoms with Crippen LogP contribution in [0.3, 0.4) is 0 Å². The maximum Gasteiger partial charge on any atom is 0.290 e. The van der Waals surface area contributed by atoms with Crippen molar-refractivity contribution in [1.29, 1.82) is 0 Å². The first-order chi connectivity index (χ1) is 12.1. The van der Waals surface area contributed by atoms with Crippen LogP contribution in [0, 0.1) is 0 Å². The smallest absolute Gasteiger partial charge is 0.290 e. The molecule has 25 heavy (non-hydrogen) atoms. The van der Waals surface area contributed by atoms with E-state index in [9.17, 15) is 9.90 Å². The van der Waals surface area contributed by atoms with Crippen LogP contribution in [0.25, 0.3) is 11.0 Å². The highest BCUT2D eigenvalue weighted by molar-refractivity contribution is 6.35. The first kappa shape index (κ1) is 16.1. The zero-order valence-electron chi connectivity index (χ0n) is 13.7. The number of rotatable bonds is 2. The van der Waals surface area contributed by atoms with Crippen molar-refractivity contribution < 1.29 is 9.90 Å². The van der Waals surface area contributed by atoms with E-state index in [4.69, 9.17) is 11.6 Å². The zero-order valence-corrected chi connectivity index (χ0v) is 14.5. The van der Waals surface area contributed by atoms with E-state index >= 15 is 0 Å². The Morgan fingerprint density at radius 3 is 2.88 bits per heavy atom. The van der Waals surface area contributed by atoms with Crippen LogP contribution in [-0.4, -0.2) is 38.5 Å². The number of para-hydroxylation sites is 1. The van der Waals surface area contributed by atoms with Crippen molar-refractivity contribution in [2.45, 2.75) is 25.5 Å². The van der Waals surface area contributed by atoms with Gasteiger partial charge >= 0.3 is 0 Å². The fourth-order valence-corrected chi connectivity index (χ4v) is 3.80. The molecular weight excluding hydrogens is 338 g/mol. The first-order valence-electron chi connectivity index (χ1n) is 8.27. The van der Waals surface area contributed by atoms with Crippen LogP contribution in [0.1, 0.15) is 34.7 Å². The molecule has 6 heteroatoms. The molecule has 0 radical (unpaired) electrons. The Morgan fingerprint density at radius 2 is 2.12 bits per heavy atom. The molecule has 128 valence electrons. The standard InChI is InChI=1S/C19H18ClN3O2/c1-11(24)17-13-6-3-2-5-12(13)9-10-23(17)19(25)18-21-15-8-4-7-14(20)16(15)22-18/h2-8,11,17,24H,9-10H2,1H3,(H,21,22). The average molecular weight is 356 g/mol. The lowest BCUT2D eigenvalue weighted by atomic mass is 9.89. The fraction of sp³-hybridized carbons (Fsp3) is 0.263. The van der Waals surface area contributed by atoms with Crippen molar-refractivity contribution in [3.8, 4) is 0 Å². The maximum absolute atomic E-state index is 13.1. The SMILES string of the molecule is CC(O)C1c2ccccc2CCN1C(=O)c1nc2cccc(Cl)c2[nH]1. The molecule has 4 rings (SSSR count). The van der Waals surface area contributed by atoms with Crippen LogP contribution in [0.5, 0.6) is 0 Å². The number of halogens is 1. The summed E-state index contributed by atoms with van der Waals surface area (Å²) >= 11 is 6.17. The Balaban J connectivity index is 1.74. The summed E-state index contributed by atoms with van der Waals surface area (Å²) < 4.78 is 0. The Kier molecular flexibility index (Phi) is 3.98. The van der Waals surface area contributed by atoms with Gasteiger partial charge in [-0.3, -0.25) is 4.79 Å². The molecule has 0 spiro atoms. The number of carbonyl (C=O) groups is 1. The molecule has 2 aromatic carbocycles. The minimum absolute atomic E-state index is 0.229. The highest BCUT2D eigenvalue weighted by Crippen LogP contribution is 2.33. The third-order valence-electron chi connectivity index (χ3n) is 4.72. The van der Waals surface area contributed by atoms with Crippen molar-refractivity contribution in [3.05, 3.63) is 64.4 Å². The van der Waals surface area contributed by atoms with Crippen molar-refractivity contribution >= 4 is 28.5 Å². The van der Waals surface area contributed by atoms with Crippen molar-refractivity contribution in [2.75, 3.05) is 6.54 Å². The fourth-order valence-electron chi connectivity index (χ4n) is 3.58. The third kappa shape index (κ3) is 2.69. The van der Waals surface area contributed by atoms with Gasteiger partial charge in [-0.2, -0.15) is 0 Å². The van der Waals surface area contributed by atoms with Gasteiger partial charge in [-0.1, -0.05) is 41.9 Å². The van der Waals surface area contributed by atoms with Crippen molar-refractivity contribution in [2.24, 2.45) is 0 Å². The number of imidazole rings is 1. The quantitative estimate of drug-likeness (QED) is 0.740. The number of hydrogen-bond acceptors (Lipinski definition) is 3. The number of H-pyrrole nitrogens is 1. The minimum atomic E-state index is -0.682. The molecule has 0 saturated carbocycles. The summed E-state index contributed by atoms with van der Waals surface area (Å²) in [5.74, 6) is 0.0146. The van der Waals surface area contributed by atoms with Gasteiger partial charge in [-0.05, 0) is 36.6 Å². The second-order valence-electron chi connectivity index (χ2n) is 6.35. The number of carbonyl (C=O) groups excluding carboxylic acids is 1. The molecule has 2 heterocycles. The second-order valence-corrected chi connectivity index (χ2v) is 6.76. The molecule has 3 aromatic rings. The van der Waals surface area contributed by atoms with Crippen LogP contribution in [0.2, 0.25) is 5.02 Å². The monoisotopic (exact) mass is 355 g/mol. The lowest BCUT2D eigenvalue weighted by Crippen LogP contribution is -2.44. The topological polar surface area (TPSA) is 69.2 Å². The predicted octanol–water partition coefficient (Wildman–Crippen LogP) is 3.34. The van der Waals surface area contributed by atoms with E-state index in [1.807, 2.05) is 30.3 Å². The van der Waals surface area contributed by atoms with Gasteiger partial charge in [0.05, 0.1) is 28.2 Å². The first-order valence-corrected chi connectivity index (χ1v) is 8.65. The van der Waals surface area contributed by atoms with E-state index in [-0.39, 0.29) is 17.8 Å². The van der Waals surface area contributed by atoms with E-state index < -0.39 is 6.10 Å². The molecule has 1 aliphatic heterocycles. The highest BCUT2D eigenvalue weighted by Gasteiger charge is 2.35. The maximum atomic E-state index is 13.1. The lowest BCUT2D eigenvalue weighted by Gasteiger charge is -2.38. The molecule has 2 atom stereocenters. The summed E-state index contributed by atoms with van der Waals surface area (Å²) in [6.07, 6.45) is 0.0740. The number of fused-ring (bicyclic) bond motifs is 2. The summed E-state index contributed by atoms with van der Waals surface area (Å²) in [4.78, 5) is 22.2. The molecule has 5 nitrogen and oxygen atoms in total. The molecular formula is C19H18ClN3O2. The summed E-state index contributed by atoms with van der Waals surface area (Å²) in [5, 5.41) is 10.9. The highest BCUT2D eigenvalue weighted by atomic mass is 35.5. The van der Waals surface area contributed by atoms with E-state index in [2.05, 4.69) is 9.97 Å². The largest absolute Gasteiger partial charge is 0.391 e. The number of nitrogens with one attached hydrogen (secondary N) is 1. The molecule has 1 amide bonds. The van der Waals surface area contributed by atoms with Crippen LogP contribution < -0.4 is 0 Å². The summed E-state index contributed by atoms with van der Waals surface area (Å²) in [5.41, 5.74) is 3.47. The normalized spacial score (nSPS) is 18.2. The molecule has 1 aliphatic rings. The second kappa shape index (κ2) is 6.17. The molecule has 2 N–H and O–H groups in total. The molecule has 0 bridgehead atoms. The number of nitrogens with zero attached hydrogens (tertiary/aromatic N) is 2. The Hall–Kier alpha value is -2.37. The summed E-state index contributed by atoms with van der Waals surface area (Å²) in [7, 11) is 0. The van der Waals surface area contributed by atoms with Gasteiger partial charge in [0.15, 0.2) is 5.82 Å². The zero-order chi connectivity index (χ0) is 17.6. The molecule has 2 unspecified atom stereocenters. The Bertz CT molecular complexity index is 951. The van der Waals surface area contributed by atoms with Gasteiger partial charge < -0.3 is 15.0 Å². The van der Waals surface area contributed by atoms with E-state index in [0.717, 1.165) is 12.0 Å². The number of aromatic nitrogens is 2. The number of aromatic amines is 1. The Morgan fingerprint density at radius 1 is 1.32 bits per heavy atom. The molecule has 0 fully saturated rings. The van der Waals surface area contributed by atoms with Crippen LogP contribution >= 0.6 is 11.6 Å². The van der Waals surface area contributed by atoms with E-state index in [0.29, 0.717) is 22.6 Å². The number of benzene rings is 2. The number of aliphatic hydroxyl groups is 1.